The van der Waals surface area contributed by atoms with Crippen molar-refractivity contribution in [3.63, 3.8) is 0 Å². The average molecular weight is 276 g/mol. The summed E-state index contributed by atoms with van der Waals surface area (Å²) in [6.07, 6.45) is 0.879. The molecule has 6 nitrogen and oxygen atoms in total. The smallest absolute Gasteiger partial charge is 0.336 e. The van der Waals surface area contributed by atoms with Crippen LogP contribution in [0.4, 0.5) is 0 Å². The molecule has 0 N–H and O–H groups in total. The highest BCUT2D eigenvalue weighted by Crippen LogP contribution is 2.37. The summed E-state index contributed by atoms with van der Waals surface area (Å²) in [5.74, 6) is -0.597. The van der Waals surface area contributed by atoms with Gasteiger partial charge in [-0.1, -0.05) is 0 Å². The Morgan fingerprint density at radius 2 is 2.00 bits per heavy atom. The minimum Gasteiger partial charge on any atom is -0.471 e. The Bertz CT molecular complexity index is 510. The molecule has 106 valence electrons. The molecule has 0 aromatic carbocycles. The van der Waals surface area contributed by atoms with E-state index in [0.29, 0.717) is 30.6 Å². The Hall–Kier alpha value is -2.15. The third kappa shape index (κ3) is 3.92. The van der Waals surface area contributed by atoms with E-state index in [2.05, 4.69) is 10.9 Å². The van der Waals surface area contributed by atoms with Crippen molar-refractivity contribution in [1.82, 2.24) is 0 Å². The minimum absolute atomic E-state index is 0.0265. The van der Waals surface area contributed by atoms with Gasteiger partial charge in [-0.3, -0.25) is 4.79 Å². The van der Waals surface area contributed by atoms with E-state index in [9.17, 15) is 4.79 Å². The van der Waals surface area contributed by atoms with Crippen LogP contribution in [-0.2, 0) is 19.3 Å². The van der Waals surface area contributed by atoms with Gasteiger partial charge in [0.1, 0.15) is 6.61 Å². The molecule has 0 spiro atoms. The van der Waals surface area contributed by atoms with Gasteiger partial charge in [-0.15, -0.1) is 0 Å². The van der Waals surface area contributed by atoms with Gasteiger partial charge >= 0.3 is 5.97 Å². The van der Waals surface area contributed by atoms with Crippen LogP contribution in [0.5, 0.6) is 0 Å². The van der Waals surface area contributed by atoms with E-state index in [0.717, 1.165) is 5.57 Å². The van der Waals surface area contributed by atoms with E-state index in [1.165, 1.54) is 0 Å². The molecule has 20 heavy (non-hydrogen) atoms. The molecule has 0 unspecified atom stereocenters. The molecule has 0 aliphatic heterocycles. The van der Waals surface area contributed by atoms with Crippen molar-refractivity contribution in [3.05, 3.63) is 33.8 Å². The largest absolute Gasteiger partial charge is 0.471 e. The highest BCUT2D eigenvalue weighted by atomic mass is 17.2. The van der Waals surface area contributed by atoms with Crippen molar-refractivity contribution in [2.24, 2.45) is 0 Å². The molecular formula is C14H16N2O4. The van der Waals surface area contributed by atoms with Gasteiger partial charge in [-0.05, 0) is 37.8 Å². The third-order valence-corrected chi connectivity index (χ3v) is 2.74. The summed E-state index contributed by atoms with van der Waals surface area (Å²) in [5.41, 5.74) is 2.08. The van der Waals surface area contributed by atoms with Crippen LogP contribution in [0.2, 0.25) is 0 Å². The number of hydrogen-bond acceptors (Lipinski definition) is 5. The minimum atomic E-state index is -0.597. The highest BCUT2D eigenvalue weighted by molar-refractivity contribution is 5.92. The summed E-state index contributed by atoms with van der Waals surface area (Å²) in [5, 5.41) is 9.02. The van der Waals surface area contributed by atoms with Crippen LogP contribution < -0.4 is 0 Å². The lowest BCUT2D eigenvalue weighted by molar-refractivity contribution is -0.284. The molecule has 0 saturated heterocycles. The Morgan fingerprint density at radius 1 is 1.30 bits per heavy atom. The molecule has 0 aromatic heterocycles. The number of ether oxygens (including phenoxy) is 1. The first kappa shape index (κ1) is 15.9. The number of rotatable bonds is 6. The predicted octanol–water partition coefficient (Wildman–Crippen LogP) is 2.30. The standard InChI is InChI=1S/C14H16N2O4/c1-4-18-14(17)13(16-3)11-6-10(7-11)12(8-15)9-20-19-5-2/h4-7,9H2,1-2H3. The normalized spacial score (nSPS) is 13.0. The number of carbonyl (C=O) groups is 1. The number of nitrogens with zero attached hydrogens (tertiary/aromatic N) is 2. The molecule has 1 aliphatic rings. The van der Waals surface area contributed by atoms with Gasteiger partial charge in [-0.2, -0.15) is 5.26 Å². The zero-order valence-electron chi connectivity index (χ0n) is 11.6. The molecule has 1 rings (SSSR count). The van der Waals surface area contributed by atoms with Crippen LogP contribution in [0.25, 0.3) is 4.85 Å². The van der Waals surface area contributed by atoms with E-state index < -0.39 is 5.97 Å². The van der Waals surface area contributed by atoms with Crippen molar-refractivity contribution < 1.29 is 19.3 Å². The maximum Gasteiger partial charge on any atom is 0.336 e. The first-order valence-electron chi connectivity index (χ1n) is 6.29. The predicted molar refractivity (Wildman–Crippen MR) is 69.7 cm³/mol. The zero-order chi connectivity index (χ0) is 15.0. The van der Waals surface area contributed by atoms with E-state index in [1.54, 1.807) is 13.8 Å². The van der Waals surface area contributed by atoms with Gasteiger partial charge < -0.3 is 4.74 Å². The van der Waals surface area contributed by atoms with E-state index in [1.807, 2.05) is 0 Å². The Balaban J connectivity index is 2.73. The van der Waals surface area contributed by atoms with Crippen LogP contribution in [-0.4, -0.2) is 25.8 Å². The fourth-order valence-electron chi connectivity index (χ4n) is 1.71. The third-order valence-electron chi connectivity index (χ3n) is 2.74. The lowest BCUT2D eigenvalue weighted by Crippen LogP contribution is -2.15. The van der Waals surface area contributed by atoms with Crippen molar-refractivity contribution >= 4 is 5.97 Å². The number of carbonyl (C=O) groups excluding carboxylic acids is 1. The lowest BCUT2D eigenvalue weighted by atomic mass is 9.81. The highest BCUT2D eigenvalue weighted by Gasteiger charge is 2.27. The van der Waals surface area contributed by atoms with Crippen molar-refractivity contribution in [1.29, 1.82) is 5.26 Å². The fraction of sp³-hybridized carbons (Fsp3) is 0.500. The van der Waals surface area contributed by atoms with Crippen molar-refractivity contribution in [2.45, 2.75) is 26.7 Å². The van der Waals surface area contributed by atoms with Crippen LogP contribution >= 0.6 is 0 Å². The number of esters is 1. The Kier molecular flexibility index (Phi) is 6.45. The van der Waals surface area contributed by atoms with Gasteiger partial charge in [0.2, 0.25) is 0 Å². The number of nitriles is 1. The molecule has 1 aliphatic carbocycles. The van der Waals surface area contributed by atoms with Gasteiger partial charge in [0, 0.05) is 0 Å². The second kappa shape index (κ2) is 8.11. The molecule has 1 saturated carbocycles. The number of hydrogen-bond donors (Lipinski definition) is 0. The zero-order valence-corrected chi connectivity index (χ0v) is 11.6. The number of allylic oxidation sites excluding steroid dienone is 2. The molecular weight excluding hydrogens is 260 g/mol. The Labute approximate surface area is 118 Å². The molecule has 0 bridgehead atoms. The maximum atomic E-state index is 11.5. The molecule has 0 atom stereocenters. The molecule has 1 fully saturated rings. The molecule has 6 heteroatoms. The van der Waals surface area contributed by atoms with E-state index >= 15 is 0 Å². The quantitative estimate of drug-likeness (QED) is 0.141. The fourth-order valence-corrected chi connectivity index (χ4v) is 1.71. The summed E-state index contributed by atoms with van der Waals surface area (Å²) >= 11 is 0. The molecule has 0 aromatic rings. The second-order valence-corrected chi connectivity index (χ2v) is 4.00. The van der Waals surface area contributed by atoms with Crippen LogP contribution in [0.1, 0.15) is 26.7 Å². The molecule has 0 heterocycles. The van der Waals surface area contributed by atoms with Crippen LogP contribution in [0.3, 0.4) is 0 Å². The van der Waals surface area contributed by atoms with Gasteiger partial charge in [0.05, 0.1) is 31.4 Å². The Morgan fingerprint density at radius 3 is 2.50 bits per heavy atom. The van der Waals surface area contributed by atoms with E-state index in [4.69, 9.17) is 26.3 Å². The topological polar surface area (TPSA) is 72.9 Å². The molecule has 0 radical (unpaired) electrons. The van der Waals surface area contributed by atoms with Crippen molar-refractivity contribution in [2.75, 3.05) is 19.8 Å². The second-order valence-electron chi connectivity index (χ2n) is 4.00. The first-order chi connectivity index (χ1) is 9.67. The average Bonchev–Trinajstić information content (AvgIpc) is 2.39. The van der Waals surface area contributed by atoms with Gasteiger partial charge in [0.15, 0.2) is 0 Å². The summed E-state index contributed by atoms with van der Waals surface area (Å²) in [7, 11) is 0. The summed E-state index contributed by atoms with van der Waals surface area (Å²) in [6.45, 7) is 11.2. The van der Waals surface area contributed by atoms with Crippen molar-refractivity contribution in [3.8, 4) is 6.07 Å². The van der Waals surface area contributed by atoms with Crippen LogP contribution in [0.15, 0.2) is 22.4 Å². The van der Waals surface area contributed by atoms with Crippen LogP contribution in [0, 0.1) is 17.9 Å². The van der Waals surface area contributed by atoms with Gasteiger partial charge in [-0.25, -0.2) is 14.6 Å². The summed E-state index contributed by atoms with van der Waals surface area (Å²) in [6, 6.07) is 2.05. The summed E-state index contributed by atoms with van der Waals surface area (Å²) in [4.78, 5) is 24.3. The molecule has 0 amide bonds. The monoisotopic (exact) mass is 276 g/mol. The van der Waals surface area contributed by atoms with E-state index in [-0.39, 0.29) is 18.9 Å². The SMILES string of the molecule is [C-]#[N+]C(C(=O)OCC)=C1CC(=C(C#N)COOCC)C1. The maximum absolute atomic E-state index is 11.5. The summed E-state index contributed by atoms with van der Waals surface area (Å²) < 4.78 is 4.82. The lowest BCUT2D eigenvalue weighted by Gasteiger charge is -2.24. The van der Waals surface area contributed by atoms with Gasteiger partial charge in [0.25, 0.3) is 5.70 Å². The first-order valence-corrected chi connectivity index (χ1v) is 6.29.